The normalized spacial score (nSPS) is 21.4. The lowest BCUT2D eigenvalue weighted by atomic mass is 9.78. The van der Waals surface area contributed by atoms with Crippen molar-refractivity contribution in [3.8, 4) is 0 Å². The Hall–Kier alpha value is -1.26. The fraction of sp³-hybridized carbons (Fsp3) is 0.875. The molecule has 1 saturated carbocycles. The zero-order valence-electron chi connectivity index (χ0n) is 13.2. The molecule has 2 fully saturated rings. The fourth-order valence-corrected chi connectivity index (χ4v) is 3.93. The maximum Gasteiger partial charge on any atom is 0.317 e. The van der Waals surface area contributed by atoms with Crippen LogP contribution in [0.2, 0.25) is 0 Å². The summed E-state index contributed by atoms with van der Waals surface area (Å²) in [7, 11) is 0. The summed E-state index contributed by atoms with van der Waals surface area (Å²) in [6, 6.07) is -0.0216. The summed E-state index contributed by atoms with van der Waals surface area (Å²) >= 11 is 0. The number of nitrogens with one attached hydrogen (secondary N) is 1. The highest BCUT2D eigenvalue weighted by Gasteiger charge is 2.37. The molecule has 21 heavy (non-hydrogen) atoms. The number of carboxylic acid groups (broad SMARTS) is 1. The molecule has 2 aliphatic rings. The average Bonchev–Trinajstić information content (AvgIpc) is 2.78. The van der Waals surface area contributed by atoms with Crippen molar-refractivity contribution < 1.29 is 14.7 Å². The van der Waals surface area contributed by atoms with Crippen LogP contribution in [0.15, 0.2) is 0 Å². The minimum absolute atomic E-state index is 0.0216. The van der Waals surface area contributed by atoms with Crippen LogP contribution < -0.4 is 5.32 Å². The lowest BCUT2D eigenvalue weighted by Gasteiger charge is -2.39. The van der Waals surface area contributed by atoms with E-state index in [4.69, 9.17) is 5.11 Å². The van der Waals surface area contributed by atoms with Gasteiger partial charge in [-0.15, -0.1) is 0 Å². The largest absolute Gasteiger partial charge is 0.481 e. The Labute approximate surface area is 127 Å². The van der Waals surface area contributed by atoms with E-state index in [0.29, 0.717) is 19.0 Å². The van der Waals surface area contributed by atoms with Gasteiger partial charge in [0.05, 0.1) is 6.42 Å². The number of carboxylic acids is 1. The summed E-state index contributed by atoms with van der Waals surface area (Å²) < 4.78 is 0. The molecule has 0 atom stereocenters. The van der Waals surface area contributed by atoms with Gasteiger partial charge in [-0.2, -0.15) is 0 Å². The van der Waals surface area contributed by atoms with Crippen LogP contribution in [-0.4, -0.2) is 41.6 Å². The highest BCUT2D eigenvalue weighted by Crippen LogP contribution is 2.42. The lowest BCUT2D eigenvalue weighted by Crippen LogP contribution is -2.55. The lowest BCUT2D eigenvalue weighted by molar-refractivity contribution is -0.139. The van der Waals surface area contributed by atoms with Gasteiger partial charge in [0.1, 0.15) is 0 Å². The molecule has 0 aromatic heterocycles. The quantitative estimate of drug-likeness (QED) is 0.791. The molecule has 2 amide bonds. The SMILES string of the molecule is CC(C)CC1(CNC(=O)N2CC(CC(=O)O)C2)CCCC1. The molecule has 0 unspecified atom stereocenters. The molecule has 5 heteroatoms. The van der Waals surface area contributed by atoms with Crippen molar-refractivity contribution in [1.29, 1.82) is 0 Å². The number of carbonyl (C=O) groups is 2. The predicted octanol–water partition coefficient (Wildman–Crippen LogP) is 2.71. The number of likely N-dealkylation sites (tertiary alicyclic amines) is 1. The Morgan fingerprint density at radius 3 is 2.43 bits per heavy atom. The average molecular weight is 296 g/mol. The Kier molecular flexibility index (Phi) is 5.12. The van der Waals surface area contributed by atoms with Crippen molar-refractivity contribution in [3.63, 3.8) is 0 Å². The first-order chi connectivity index (χ1) is 9.90. The van der Waals surface area contributed by atoms with Crippen LogP contribution in [0.25, 0.3) is 0 Å². The molecular weight excluding hydrogens is 268 g/mol. The molecule has 2 N–H and O–H groups in total. The van der Waals surface area contributed by atoms with Crippen LogP contribution in [0, 0.1) is 17.3 Å². The van der Waals surface area contributed by atoms with Gasteiger partial charge in [0.25, 0.3) is 0 Å². The fourth-order valence-electron chi connectivity index (χ4n) is 3.93. The molecule has 1 saturated heterocycles. The van der Waals surface area contributed by atoms with Crippen LogP contribution in [0.5, 0.6) is 0 Å². The van der Waals surface area contributed by atoms with Gasteiger partial charge in [0, 0.05) is 25.6 Å². The molecular formula is C16H28N2O3. The first-order valence-corrected chi connectivity index (χ1v) is 8.15. The predicted molar refractivity (Wildman–Crippen MR) is 81.1 cm³/mol. The third kappa shape index (κ3) is 4.35. The monoisotopic (exact) mass is 296 g/mol. The van der Waals surface area contributed by atoms with Gasteiger partial charge in [-0.3, -0.25) is 4.79 Å². The maximum absolute atomic E-state index is 12.1. The van der Waals surface area contributed by atoms with E-state index in [2.05, 4.69) is 19.2 Å². The van der Waals surface area contributed by atoms with Crippen molar-refractivity contribution in [2.24, 2.45) is 17.3 Å². The van der Waals surface area contributed by atoms with Crippen LogP contribution in [-0.2, 0) is 4.79 Å². The number of nitrogens with zero attached hydrogens (tertiary/aromatic N) is 1. The van der Waals surface area contributed by atoms with Crippen LogP contribution >= 0.6 is 0 Å². The van der Waals surface area contributed by atoms with Crippen molar-refractivity contribution in [3.05, 3.63) is 0 Å². The third-order valence-electron chi connectivity index (χ3n) is 4.83. The molecule has 0 spiro atoms. The summed E-state index contributed by atoms with van der Waals surface area (Å²) in [6.45, 7) is 6.41. The number of rotatable bonds is 6. The number of amides is 2. The van der Waals surface area contributed by atoms with Crippen LogP contribution in [0.1, 0.15) is 52.4 Å². The van der Waals surface area contributed by atoms with E-state index in [0.717, 1.165) is 6.54 Å². The van der Waals surface area contributed by atoms with E-state index in [1.165, 1.54) is 32.1 Å². The van der Waals surface area contributed by atoms with Gasteiger partial charge in [-0.1, -0.05) is 26.7 Å². The topological polar surface area (TPSA) is 69.6 Å². The molecule has 0 bridgehead atoms. The highest BCUT2D eigenvalue weighted by atomic mass is 16.4. The van der Waals surface area contributed by atoms with Crippen molar-refractivity contribution in [2.45, 2.75) is 52.4 Å². The molecule has 2 rings (SSSR count). The summed E-state index contributed by atoms with van der Waals surface area (Å²) in [6.07, 6.45) is 6.32. The minimum atomic E-state index is -0.776. The van der Waals surface area contributed by atoms with Crippen LogP contribution in [0.3, 0.4) is 0 Å². The van der Waals surface area contributed by atoms with E-state index in [1.54, 1.807) is 4.90 Å². The van der Waals surface area contributed by atoms with Crippen molar-refractivity contribution in [1.82, 2.24) is 10.2 Å². The van der Waals surface area contributed by atoms with E-state index in [9.17, 15) is 9.59 Å². The van der Waals surface area contributed by atoms with Crippen molar-refractivity contribution >= 4 is 12.0 Å². The molecule has 0 aromatic rings. The zero-order valence-corrected chi connectivity index (χ0v) is 13.2. The third-order valence-corrected chi connectivity index (χ3v) is 4.83. The highest BCUT2D eigenvalue weighted by molar-refractivity contribution is 5.75. The molecule has 0 aromatic carbocycles. The number of hydrogen-bond acceptors (Lipinski definition) is 2. The summed E-state index contributed by atoms with van der Waals surface area (Å²) in [5.74, 6) is 0.00946. The first kappa shape index (κ1) is 16.1. The number of aliphatic carboxylic acids is 1. The van der Waals surface area contributed by atoms with E-state index >= 15 is 0 Å². The number of carbonyl (C=O) groups excluding carboxylic acids is 1. The Morgan fingerprint density at radius 2 is 1.90 bits per heavy atom. The summed E-state index contributed by atoms with van der Waals surface area (Å²) in [5, 5.41) is 11.8. The maximum atomic E-state index is 12.1. The Morgan fingerprint density at radius 1 is 1.29 bits per heavy atom. The van der Waals surface area contributed by atoms with E-state index in [1.807, 2.05) is 0 Å². The summed E-state index contributed by atoms with van der Waals surface area (Å²) in [5.41, 5.74) is 0.287. The van der Waals surface area contributed by atoms with E-state index in [-0.39, 0.29) is 23.8 Å². The Bertz CT molecular complexity index is 383. The molecule has 1 aliphatic heterocycles. The van der Waals surface area contributed by atoms with Gasteiger partial charge >= 0.3 is 12.0 Å². The molecule has 0 radical (unpaired) electrons. The Balaban J connectivity index is 1.74. The van der Waals surface area contributed by atoms with Crippen molar-refractivity contribution in [2.75, 3.05) is 19.6 Å². The zero-order chi connectivity index (χ0) is 15.5. The number of urea groups is 1. The minimum Gasteiger partial charge on any atom is -0.481 e. The summed E-state index contributed by atoms with van der Waals surface area (Å²) in [4.78, 5) is 24.4. The smallest absolute Gasteiger partial charge is 0.317 e. The molecule has 1 aliphatic carbocycles. The number of hydrogen-bond donors (Lipinski definition) is 2. The second kappa shape index (κ2) is 6.67. The standard InChI is InChI=1S/C16H28N2O3/c1-12(2)8-16(5-3-4-6-16)11-17-15(21)18-9-13(10-18)7-14(19)20/h12-13H,3-11H2,1-2H3,(H,17,21)(H,19,20). The van der Waals surface area contributed by atoms with Crippen LogP contribution in [0.4, 0.5) is 4.79 Å². The van der Waals surface area contributed by atoms with Gasteiger partial charge in [0.15, 0.2) is 0 Å². The van der Waals surface area contributed by atoms with Gasteiger partial charge in [0.2, 0.25) is 0 Å². The van der Waals surface area contributed by atoms with Gasteiger partial charge in [-0.25, -0.2) is 4.79 Å². The second-order valence-corrected chi connectivity index (χ2v) is 7.33. The molecule has 1 heterocycles. The van der Waals surface area contributed by atoms with E-state index < -0.39 is 5.97 Å². The van der Waals surface area contributed by atoms with Gasteiger partial charge < -0.3 is 15.3 Å². The molecule has 120 valence electrons. The second-order valence-electron chi connectivity index (χ2n) is 7.33. The molecule has 5 nitrogen and oxygen atoms in total. The first-order valence-electron chi connectivity index (χ1n) is 8.15. The van der Waals surface area contributed by atoms with Gasteiger partial charge in [-0.05, 0) is 30.6 Å².